The minimum absolute atomic E-state index is 0.0999. The maximum absolute atomic E-state index is 12.2. The topological polar surface area (TPSA) is 90.5 Å². The van der Waals surface area contributed by atoms with Gasteiger partial charge in [0.2, 0.25) is 17.7 Å². The summed E-state index contributed by atoms with van der Waals surface area (Å²) in [6.07, 6.45) is 0.284. The Balaban J connectivity index is 1.78. The molecule has 1 aliphatic heterocycles. The molecule has 1 aliphatic rings. The molecule has 1 aromatic carbocycles. The van der Waals surface area contributed by atoms with Crippen molar-refractivity contribution in [2.45, 2.75) is 52.6 Å². The van der Waals surface area contributed by atoms with Gasteiger partial charge in [-0.25, -0.2) is 0 Å². The Bertz CT molecular complexity index is 702. The third-order valence-corrected chi connectivity index (χ3v) is 4.74. The molecule has 1 heterocycles. The number of hydrogen-bond acceptors (Lipinski definition) is 4. The van der Waals surface area contributed by atoms with Crippen LogP contribution in [0.1, 0.15) is 37.8 Å². The lowest BCUT2D eigenvalue weighted by Crippen LogP contribution is -2.58. The molecule has 0 unspecified atom stereocenters. The lowest BCUT2D eigenvalue weighted by molar-refractivity contribution is -0.134. The molecule has 1 aromatic rings. The van der Waals surface area contributed by atoms with Gasteiger partial charge in [-0.3, -0.25) is 19.3 Å². The van der Waals surface area contributed by atoms with Gasteiger partial charge in [-0.2, -0.15) is 0 Å². The van der Waals surface area contributed by atoms with Crippen LogP contribution in [-0.4, -0.2) is 54.3 Å². The molecule has 3 N–H and O–H groups in total. The second kappa shape index (κ2) is 9.50. The van der Waals surface area contributed by atoms with Gasteiger partial charge in [-0.1, -0.05) is 17.7 Å². The zero-order chi connectivity index (χ0) is 20.0. The van der Waals surface area contributed by atoms with Crippen molar-refractivity contribution in [3.63, 3.8) is 0 Å². The molecule has 0 aliphatic carbocycles. The van der Waals surface area contributed by atoms with E-state index < -0.39 is 6.04 Å². The van der Waals surface area contributed by atoms with Crippen molar-refractivity contribution in [2.75, 3.05) is 25.0 Å². The molecule has 0 saturated carbocycles. The van der Waals surface area contributed by atoms with E-state index in [1.54, 1.807) is 0 Å². The van der Waals surface area contributed by atoms with E-state index in [9.17, 15) is 14.4 Å². The molecule has 148 valence electrons. The van der Waals surface area contributed by atoms with E-state index >= 15 is 0 Å². The van der Waals surface area contributed by atoms with Gasteiger partial charge in [-0.05, 0) is 39.3 Å². The molecular weight excluding hydrogens is 344 g/mol. The normalized spacial score (nSPS) is 17.5. The summed E-state index contributed by atoms with van der Waals surface area (Å²) in [5.41, 5.74) is 2.92. The predicted molar refractivity (Wildman–Crippen MR) is 105 cm³/mol. The summed E-state index contributed by atoms with van der Waals surface area (Å²) < 4.78 is 0. The number of anilines is 1. The predicted octanol–water partition coefficient (Wildman–Crippen LogP) is 1.35. The van der Waals surface area contributed by atoms with E-state index in [2.05, 4.69) is 16.0 Å². The largest absolute Gasteiger partial charge is 0.356 e. The van der Waals surface area contributed by atoms with Gasteiger partial charge in [0, 0.05) is 37.8 Å². The van der Waals surface area contributed by atoms with Crippen molar-refractivity contribution in [1.29, 1.82) is 0 Å². The number of piperazine rings is 1. The van der Waals surface area contributed by atoms with Crippen LogP contribution in [0.2, 0.25) is 0 Å². The summed E-state index contributed by atoms with van der Waals surface area (Å²) in [5.74, 6) is -0.485. The highest BCUT2D eigenvalue weighted by Gasteiger charge is 2.32. The number of carbonyl (C=O) groups is 3. The van der Waals surface area contributed by atoms with E-state index in [0.29, 0.717) is 6.54 Å². The molecule has 7 heteroatoms. The van der Waals surface area contributed by atoms with Gasteiger partial charge in [0.05, 0.1) is 12.5 Å². The van der Waals surface area contributed by atoms with E-state index in [4.69, 9.17) is 0 Å². The lowest BCUT2D eigenvalue weighted by Gasteiger charge is -2.37. The van der Waals surface area contributed by atoms with Crippen molar-refractivity contribution < 1.29 is 14.4 Å². The van der Waals surface area contributed by atoms with Crippen molar-refractivity contribution in [2.24, 2.45) is 0 Å². The van der Waals surface area contributed by atoms with Crippen molar-refractivity contribution >= 4 is 23.4 Å². The van der Waals surface area contributed by atoms with Gasteiger partial charge in [0.15, 0.2) is 0 Å². The Morgan fingerprint density at radius 2 is 2.00 bits per heavy atom. The van der Waals surface area contributed by atoms with Gasteiger partial charge in [0.25, 0.3) is 0 Å². The zero-order valence-electron chi connectivity index (χ0n) is 16.6. The number of aryl methyl sites for hydroxylation is 2. The molecule has 2 rings (SSSR count). The van der Waals surface area contributed by atoms with Gasteiger partial charge in [-0.15, -0.1) is 0 Å². The van der Waals surface area contributed by atoms with Crippen LogP contribution in [0.3, 0.4) is 0 Å². The van der Waals surface area contributed by atoms with E-state index in [-0.39, 0.29) is 43.1 Å². The van der Waals surface area contributed by atoms with Crippen LogP contribution < -0.4 is 16.0 Å². The summed E-state index contributed by atoms with van der Waals surface area (Å²) in [6.45, 7) is 9.56. The van der Waals surface area contributed by atoms with Crippen LogP contribution in [0.5, 0.6) is 0 Å². The molecule has 1 saturated heterocycles. The average Bonchev–Trinajstić information content (AvgIpc) is 2.59. The van der Waals surface area contributed by atoms with Gasteiger partial charge >= 0.3 is 0 Å². The molecule has 7 nitrogen and oxygen atoms in total. The molecule has 0 bridgehead atoms. The Hall–Kier alpha value is -2.41. The minimum atomic E-state index is -0.456. The molecule has 27 heavy (non-hydrogen) atoms. The monoisotopic (exact) mass is 374 g/mol. The first-order valence-corrected chi connectivity index (χ1v) is 9.45. The SMILES string of the molecule is Cc1ccc(NC(=O)CCNC(=O)C[C@H]2C(=O)NCCN2C(C)C)c(C)c1. The Morgan fingerprint density at radius 3 is 2.67 bits per heavy atom. The van der Waals surface area contributed by atoms with Crippen LogP contribution in [0.15, 0.2) is 18.2 Å². The second-order valence-electron chi connectivity index (χ2n) is 7.31. The van der Waals surface area contributed by atoms with E-state index in [1.165, 1.54) is 0 Å². The number of nitrogens with zero attached hydrogens (tertiary/aromatic N) is 1. The smallest absolute Gasteiger partial charge is 0.237 e. The maximum atomic E-state index is 12.2. The molecule has 0 radical (unpaired) electrons. The first-order valence-electron chi connectivity index (χ1n) is 9.45. The van der Waals surface area contributed by atoms with Crippen molar-refractivity contribution in [1.82, 2.24) is 15.5 Å². The first-order chi connectivity index (χ1) is 12.8. The molecule has 1 atom stereocenters. The fourth-order valence-electron chi connectivity index (χ4n) is 3.29. The maximum Gasteiger partial charge on any atom is 0.237 e. The number of amides is 3. The Kier molecular flexibility index (Phi) is 7.36. The summed E-state index contributed by atoms with van der Waals surface area (Å²) in [4.78, 5) is 38.4. The highest BCUT2D eigenvalue weighted by molar-refractivity contribution is 5.92. The lowest BCUT2D eigenvalue weighted by atomic mass is 10.1. The number of rotatable bonds is 7. The van der Waals surface area contributed by atoms with Crippen molar-refractivity contribution in [3.05, 3.63) is 29.3 Å². The molecule has 3 amide bonds. The summed E-state index contributed by atoms with van der Waals surface area (Å²) in [5, 5.41) is 8.41. The van der Waals surface area contributed by atoms with Gasteiger partial charge in [0.1, 0.15) is 0 Å². The van der Waals surface area contributed by atoms with Crippen molar-refractivity contribution in [3.8, 4) is 0 Å². The van der Waals surface area contributed by atoms with Crippen LogP contribution in [0, 0.1) is 13.8 Å². The average molecular weight is 374 g/mol. The molecule has 0 spiro atoms. The van der Waals surface area contributed by atoms with Crippen LogP contribution in [0.25, 0.3) is 0 Å². The highest BCUT2D eigenvalue weighted by Crippen LogP contribution is 2.16. The summed E-state index contributed by atoms with van der Waals surface area (Å²) >= 11 is 0. The summed E-state index contributed by atoms with van der Waals surface area (Å²) in [6, 6.07) is 5.57. The number of carbonyl (C=O) groups excluding carboxylic acids is 3. The second-order valence-corrected chi connectivity index (χ2v) is 7.31. The Morgan fingerprint density at radius 1 is 1.26 bits per heavy atom. The Labute approximate surface area is 160 Å². The molecule has 1 fully saturated rings. The fourth-order valence-corrected chi connectivity index (χ4v) is 3.29. The third-order valence-electron chi connectivity index (χ3n) is 4.74. The third kappa shape index (κ3) is 6.06. The number of benzene rings is 1. The molecular formula is C20H30N4O3. The first kappa shape index (κ1) is 20.9. The van der Waals surface area contributed by atoms with Crippen LogP contribution in [-0.2, 0) is 14.4 Å². The minimum Gasteiger partial charge on any atom is -0.356 e. The van der Waals surface area contributed by atoms with Gasteiger partial charge < -0.3 is 16.0 Å². The zero-order valence-corrected chi connectivity index (χ0v) is 16.6. The van der Waals surface area contributed by atoms with E-state index in [1.807, 2.05) is 50.8 Å². The number of hydrogen-bond donors (Lipinski definition) is 3. The molecule has 0 aromatic heterocycles. The van der Waals surface area contributed by atoms with Crippen LogP contribution in [0.4, 0.5) is 5.69 Å². The fraction of sp³-hybridized carbons (Fsp3) is 0.550. The highest BCUT2D eigenvalue weighted by atomic mass is 16.2. The quantitative estimate of drug-likeness (QED) is 0.672. The summed E-state index contributed by atoms with van der Waals surface area (Å²) in [7, 11) is 0. The standard InChI is InChI=1S/C20H30N4O3/c1-13(2)24-10-9-22-20(27)17(24)12-19(26)21-8-7-18(25)23-16-6-5-14(3)11-15(16)4/h5-6,11,13,17H,7-10,12H2,1-4H3,(H,21,26)(H,22,27)(H,23,25)/t17-/m0/s1. The van der Waals surface area contributed by atoms with Crippen LogP contribution >= 0.6 is 0 Å². The van der Waals surface area contributed by atoms with E-state index in [0.717, 1.165) is 23.4 Å². The number of nitrogens with one attached hydrogen (secondary N) is 3.